The fourth-order valence-electron chi connectivity index (χ4n) is 2.78. The van der Waals surface area contributed by atoms with E-state index in [1.165, 1.54) is 0 Å². The number of anilines is 1. The third-order valence-electron chi connectivity index (χ3n) is 3.99. The SMILES string of the molecule is CC(C)Oc1cccc(-n2cnnc2-c2nc(-c3cccnc3)cnc2N)c1. The van der Waals surface area contributed by atoms with Crippen molar-refractivity contribution in [1.82, 2.24) is 29.7 Å². The lowest BCUT2D eigenvalue weighted by Gasteiger charge is -2.12. The molecule has 0 saturated heterocycles. The summed E-state index contributed by atoms with van der Waals surface area (Å²) in [6, 6.07) is 11.4. The van der Waals surface area contributed by atoms with Gasteiger partial charge in [0.1, 0.15) is 12.1 Å². The zero-order valence-electron chi connectivity index (χ0n) is 15.5. The van der Waals surface area contributed by atoms with Gasteiger partial charge >= 0.3 is 0 Å². The molecule has 4 rings (SSSR count). The molecule has 3 heterocycles. The van der Waals surface area contributed by atoms with Crippen molar-refractivity contribution in [3.63, 3.8) is 0 Å². The van der Waals surface area contributed by atoms with Gasteiger partial charge in [0.25, 0.3) is 0 Å². The summed E-state index contributed by atoms with van der Waals surface area (Å²) in [6.45, 7) is 3.97. The highest BCUT2D eigenvalue weighted by Gasteiger charge is 2.16. The van der Waals surface area contributed by atoms with Crippen LogP contribution in [0.4, 0.5) is 5.82 Å². The molecule has 0 atom stereocenters. The van der Waals surface area contributed by atoms with Crippen LogP contribution in [-0.4, -0.2) is 35.8 Å². The van der Waals surface area contributed by atoms with Crippen LogP contribution in [0.3, 0.4) is 0 Å². The minimum Gasteiger partial charge on any atom is -0.491 e. The van der Waals surface area contributed by atoms with E-state index in [-0.39, 0.29) is 11.9 Å². The molecule has 8 nitrogen and oxygen atoms in total. The first-order chi connectivity index (χ1) is 13.6. The molecule has 2 N–H and O–H groups in total. The molecule has 3 aromatic heterocycles. The van der Waals surface area contributed by atoms with Crippen LogP contribution in [0.1, 0.15) is 13.8 Å². The maximum absolute atomic E-state index is 6.11. The lowest BCUT2D eigenvalue weighted by Crippen LogP contribution is -2.07. The predicted octanol–water partition coefficient (Wildman–Crippen LogP) is 3.16. The molecule has 4 aromatic rings. The number of nitrogen functional groups attached to an aromatic ring is 1. The Bertz CT molecular complexity index is 1090. The number of benzene rings is 1. The van der Waals surface area contributed by atoms with Crippen molar-refractivity contribution < 1.29 is 4.74 Å². The predicted molar refractivity (Wildman–Crippen MR) is 106 cm³/mol. The highest BCUT2D eigenvalue weighted by molar-refractivity contribution is 5.69. The molecule has 0 saturated carbocycles. The highest BCUT2D eigenvalue weighted by atomic mass is 16.5. The van der Waals surface area contributed by atoms with Gasteiger partial charge in [-0.25, -0.2) is 9.97 Å². The van der Waals surface area contributed by atoms with Gasteiger partial charge in [-0.05, 0) is 38.1 Å². The Hall–Kier alpha value is -3.81. The van der Waals surface area contributed by atoms with Crippen molar-refractivity contribution in [2.75, 3.05) is 5.73 Å². The molecule has 140 valence electrons. The van der Waals surface area contributed by atoms with Crippen LogP contribution in [0.2, 0.25) is 0 Å². The number of hydrogen-bond donors (Lipinski definition) is 1. The number of hydrogen-bond acceptors (Lipinski definition) is 7. The molecule has 0 aliphatic rings. The molecule has 0 amide bonds. The van der Waals surface area contributed by atoms with E-state index in [0.717, 1.165) is 17.0 Å². The van der Waals surface area contributed by atoms with E-state index in [1.54, 1.807) is 29.5 Å². The zero-order valence-corrected chi connectivity index (χ0v) is 15.5. The first-order valence-electron chi connectivity index (χ1n) is 8.82. The van der Waals surface area contributed by atoms with E-state index in [4.69, 9.17) is 10.5 Å². The second-order valence-electron chi connectivity index (χ2n) is 6.42. The monoisotopic (exact) mass is 373 g/mol. The topological polar surface area (TPSA) is 105 Å². The molecular formula is C20H19N7O. The Morgan fingerprint density at radius 1 is 1.11 bits per heavy atom. The quantitative estimate of drug-likeness (QED) is 0.573. The third-order valence-corrected chi connectivity index (χ3v) is 3.99. The lowest BCUT2D eigenvalue weighted by atomic mass is 10.2. The number of nitrogens with zero attached hydrogens (tertiary/aromatic N) is 6. The average Bonchev–Trinajstić information content (AvgIpc) is 3.18. The van der Waals surface area contributed by atoms with Crippen molar-refractivity contribution in [3.05, 3.63) is 61.3 Å². The van der Waals surface area contributed by atoms with Crippen molar-refractivity contribution in [3.8, 4) is 34.2 Å². The molecule has 0 fully saturated rings. The van der Waals surface area contributed by atoms with E-state index >= 15 is 0 Å². The third kappa shape index (κ3) is 3.52. The molecule has 0 bridgehead atoms. The fourth-order valence-corrected chi connectivity index (χ4v) is 2.78. The zero-order chi connectivity index (χ0) is 19.5. The van der Waals surface area contributed by atoms with E-state index in [1.807, 2.05) is 50.2 Å². The highest BCUT2D eigenvalue weighted by Crippen LogP contribution is 2.27. The molecule has 1 aromatic carbocycles. The molecule has 0 aliphatic carbocycles. The molecule has 8 heteroatoms. The Morgan fingerprint density at radius 3 is 2.79 bits per heavy atom. The summed E-state index contributed by atoms with van der Waals surface area (Å²) >= 11 is 0. The normalized spacial score (nSPS) is 11.0. The van der Waals surface area contributed by atoms with Crippen LogP contribution in [0.15, 0.2) is 61.3 Å². The van der Waals surface area contributed by atoms with Gasteiger partial charge in [-0.15, -0.1) is 10.2 Å². The number of pyridine rings is 1. The Kier molecular flexibility index (Phi) is 4.67. The standard InChI is InChI=1S/C20H19N7O/c1-13(2)28-16-7-3-6-15(9-16)27-12-24-26-20(27)18-19(21)23-11-17(25-18)14-5-4-8-22-10-14/h3-13H,1-2H3,(H2,21,23). The van der Waals surface area contributed by atoms with Gasteiger partial charge in [0.05, 0.1) is 23.7 Å². The van der Waals surface area contributed by atoms with Crippen LogP contribution in [0.5, 0.6) is 5.75 Å². The summed E-state index contributed by atoms with van der Waals surface area (Å²) in [5, 5.41) is 8.27. The summed E-state index contributed by atoms with van der Waals surface area (Å²) in [7, 11) is 0. The first-order valence-corrected chi connectivity index (χ1v) is 8.82. The summed E-state index contributed by atoms with van der Waals surface area (Å²) in [5.41, 5.74) is 8.90. The van der Waals surface area contributed by atoms with E-state index in [0.29, 0.717) is 17.2 Å². The van der Waals surface area contributed by atoms with Gasteiger partial charge in [0, 0.05) is 24.0 Å². The van der Waals surface area contributed by atoms with E-state index in [9.17, 15) is 0 Å². The smallest absolute Gasteiger partial charge is 0.190 e. The molecule has 0 radical (unpaired) electrons. The molecule has 0 aliphatic heterocycles. The van der Waals surface area contributed by atoms with Crippen molar-refractivity contribution >= 4 is 5.82 Å². The van der Waals surface area contributed by atoms with Gasteiger partial charge in [-0.3, -0.25) is 9.55 Å². The van der Waals surface area contributed by atoms with Crippen LogP contribution in [0, 0.1) is 0 Å². The second-order valence-corrected chi connectivity index (χ2v) is 6.42. The number of ether oxygens (including phenoxy) is 1. The van der Waals surface area contributed by atoms with Crippen LogP contribution in [0.25, 0.3) is 28.5 Å². The van der Waals surface area contributed by atoms with Gasteiger partial charge < -0.3 is 10.5 Å². The number of aromatic nitrogens is 6. The Balaban J connectivity index is 1.78. The Labute approximate surface area is 162 Å². The average molecular weight is 373 g/mol. The largest absolute Gasteiger partial charge is 0.491 e. The molecule has 0 spiro atoms. The maximum Gasteiger partial charge on any atom is 0.190 e. The van der Waals surface area contributed by atoms with Crippen molar-refractivity contribution in [2.45, 2.75) is 20.0 Å². The van der Waals surface area contributed by atoms with Gasteiger partial charge in [0.15, 0.2) is 17.3 Å². The van der Waals surface area contributed by atoms with Gasteiger partial charge in [-0.2, -0.15) is 0 Å². The van der Waals surface area contributed by atoms with Crippen LogP contribution >= 0.6 is 0 Å². The number of nitrogens with two attached hydrogens (primary N) is 1. The molecule has 0 unspecified atom stereocenters. The molecule has 28 heavy (non-hydrogen) atoms. The van der Waals surface area contributed by atoms with E-state index < -0.39 is 0 Å². The van der Waals surface area contributed by atoms with Gasteiger partial charge in [-0.1, -0.05) is 6.07 Å². The van der Waals surface area contributed by atoms with Gasteiger partial charge in [0.2, 0.25) is 0 Å². The summed E-state index contributed by atoms with van der Waals surface area (Å²) in [5.74, 6) is 1.53. The fraction of sp³-hybridized carbons (Fsp3) is 0.150. The summed E-state index contributed by atoms with van der Waals surface area (Å²) in [4.78, 5) is 13.1. The number of rotatable bonds is 5. The summed E-state index contributed by atoms with van der Waals surface area (Å²) < 4.78 is 7.59. The Morgan fingerprint density at radius 2 is 2.00 bits per heavy atom. The van der Waals surface area contributed by atoms with E-state index in [2.05, 4.69) is 25.1 Å². The minimum atomic E-state index is 0.0771. The lowest BCUT2D eigenvalue weighted by molar-refractivity contribution is 0.242. The summed E-state index contributed by atoms with van der Waals surface area (Å²) in [6.07, 6.45) is 6.74. The minimum absolute atomic E-state index is 0.0771. The van der Waals surface area contributed by atoms with Crippen LogP contribution < -0.4 is 10.5 Å². The maximum atomic E-state index is 6.11. The van der Waals surface area contributed by atoms with Crippen molar-refractivity contribution in [1.29, 1.82) is 0 Å². The first kappa shape index (κ1) is 17.6. The molecular weight excluding hydrogens is 354 g/mol. The second kappa shape index (κ2) is 7.43. The van der Waals surface area contributed by atoms with Crippen LogP contribution in [-0.2, 0) is 0 Å². The van der Waals surface area contributed by atoms with Crippen molar-refractivity contribution in [2.24, 2.45) is 0 Å².